The number of guanidine groups is 1. The first-order chi connectivity index (χ1) is 9.99. The van der Waals surface area contributed by atoms with Crippen molar-refractivity contribution in [3.63, 3.8) is 0 Å². The van der Waals surface area contributed by atoms with Crippen molar-refractivity contribution in [1.29, 1.82) is 0 Å². The van der Waals surface area contributed by atoms with E-state index in [1.807, 2.05) is 0 Å². The molecule has 0 amide bonds. The molecule has 0 saturated carbocycles. The molecule has 1 fully saturated rings. The number of ether oxygens (including phenoxy) is 1. The molecule has 5 nitrogen and oxygen atoms in total. The number of nitrogens with zero attached hydrogens (tertiary/aromatic N) is 2. The molecule has 22 heavy (non-hydrogen) atoms. The van der Waals surface area contributed by atoms with Gasteiger partial charge in [0.15, 0.2) is 11.7 Å². The number of nitrogens with one attached hydrogen (secondary N) is 2. The minimum absolute atomic E-state index is 0. The lowest BCUT2D eigenvalue weighted by Gasteiger charge is -2.14. The minimum atomic E-state index is -4.39. The molecule has 2 N–H and O–H groups in total. The van der Waals surface area contributed by atoms with E-state index < -0.39 is 11.9 Å². The van der Waals surface area contributed by atoms with Crippen LogP contribution in [0.5, 0.6) is 0 Å². The van der Waals surface area contributed by atoms with Crippen molar-refractivity contribution in [2.24, 2.45) is 4.99 Å². The van der Waals surface area contributed by atoms with Crippen LogP contribution >= 0.6 is 35.3 Å². The minimum Gasteiger partial charge on any atom is -0.376 e. The summed E-state index contributed by atoms with van der Waals surface area (Å²) in [6, 6.07) is 0. The quantitative estimate of drug-likeness (QED) is 0.421. The van der Waals surface area contributed by atoms with Gasteiger partial charge in [-0.2, -0.15) is 13.2 Å². The zero-order valence-electron chi connectivity index (χ0n) is 11.9. The van der Waals surface area contributed by atoms with Gasteiger partial charge in [-0.25, -0.2) is 4.98 Å². The SMILES string of the molecule is CN=C(NCc1nc(C(F)(F)F)cs1)NCC1CCCO1.I. The number of halogens is 4. The van der Waals surface area contributed by atoms with Gasteiger partial charge in [0.25, 0.3) is 0 Å². The molecule has 0 aliphatic carbocycles. The van der Waals surface area contributed by atoms with Crippen LogP contribution in [0.2, 0.25) is 0 Å². The molecule has 1 saturated heterocycles. The number of alkyl halides is 3. The highest BCUT2D eigenvalue weighted by Gasteiger charge is 2.33. The lowest BCUT2D eigenvalue weighted by atomic mass is 10.2. The van der Waals surface area contributed by atoms with Crippen molar-refractivity contribution in [2.45, 2.75) is 31.7 Å². The number of aromatic nitrogens is 1. The van der Waals surface area contributed by atoms with Gasteiger partial charge in [-0.05, 0) is 12.8 Å². The molecule has 1 aliphatic rings. The third-order valence-corrected chi connectivity index (χ3v) is 3.84. The van der Waals surface area contributed by atoms with Gasteiger partial charge in [0.2, 0.25) is 0 Å². The van der Waals surface area contributed by atoms with E-state index >= 15 is 0 Å². The molecular formula is C12H18F3IN4OS. The second kappa shape index (κ2) is 8.87. The summed E-state index contributed by atoms with van der Waals surface area (Å²) in [7, 11) is 1.60. The topological polar surface area (TPSA) is 58.5 Å². The molecular weight excluding hydrogens is 432 g/mol. The summed E-state index contributed by atoms with van der Waals surface area (Å²) in [5.41, 5.74) is -0.855. The van der Waals surface area contributed by atoms with Crippen LogP contribution in [0.15, 0.2) is 10.4 Å². The molecule has 1 aromatic rings. The van der Waals surface area contributed by atoms with Gasteiger partial charge in [0, 0.05) is 25.6 Å². The maximum atomic E-state index is 12.4. The second-order valence-corrected chi connectivity index (χ2v) is 5.51. The average molecular weight is 450 g/mol. The van der Waals surface area contributed by atoms with Gasteiger partial charge in [0.1, 0.15) is 5.01 Å². The van der Waals surface area contributed by atoms with E-state index in [1.165, 1.54) is 0 Å². The maximum Gasteiger partial charge on any atom is 0.434 e. The first kappa shape index (κ1) is 19.4. The zero-order chi connectivity index (χ0) is 15.3. The number of rotatable bonds is 4. The summed E-state index contributed by atoms with van der Waals surface area (Å²) in [5, 5.41) is 7.40. The van der Waals surface area contributed by atoms with Crippen LogP contribution in [-0.2, 0) is 17.5 Å². The van der Waals surface area contributed by atoms with E-state index in [0.717, 1.165) is 36.2 Å². The standard InChI is InChI=1S/C12H17F3N4OS.HI/c1-16-11(17-5-8-3-2-4-20-8)18-6-10-19-9(7-21-10)12(13,14)15;/h7-8H,2-6H2,1H3,(H2,16,17,18);1H. The van der Waals surface area contributed by atoms with Crippen molar-refractivity contribution in [1.82, 2.24) is 15.6 Å². The summed E-state index contributed by atoms with van der Waals surface area (Å²) in [6.45, 7) is 1.61. The first-order valence-electron chi connectivity index (χ1n) is 6.57. The summed E-state index contributed by atoms with van der Waals surface area (Å²) in [5.74, 6) is 0.522. The van der Waals surface area contributed by atoms with Crippen LogP contribution in [0, 0.1) is 0 Å². The third-order valence-electron chi connectivity index (χ3n) is 2.99. The Bertz CT molecular complexity index is 489. The van der Waals surface area contributed by atoms with E-state index in [-0.39, 0.29) is 36.6 Å². The maximum absolute atomic E-state index is 12.4. The fourth-order valence-electron chi connectivity index (χ4n) is 1.92. The lowest BCUT2D eigenvalue weighted by Crippen LogP contribution is -2.40. The molecule has 1 aliphatic heterocycles. The van der Waals surface area contributed by atoms with Crippen molar-refractivity contribution < 1.29 is 17.9 Å². The molecule has 0 aromatic carbocycles. The van der Waals surface area contributed by atoms with Gasteiger partial charge in [0.05, 0.1) is 12.6 Å². The molecule has 0 radical (unpaired) electrons. The molecule has 1 aromatic heterocycles. The summed E-state index contributed by atoms with van der Waals surface area (Å²) >= 11 is 0.971. The van der Waals surface area contributed by atoms with Gasteiger partial charge in [-0.15, -0.1) is 35.3 Å². The highest BCUT2D eigenvalue weighted by Crippen LogP contribution is 2.29. The Labute approximate surface area is 147 Å². The van der Waals surface area contributed by atoms with Crippen molar-refractivity contribution in [3.8, 4) is 0 Å². The Hall–Kier alpha value is -0.620. The molecule has 2 rings (SSSR count). The molecule has 0 spiro atoms. The zero-order valence-corrected chi connectivity index (χ0v) is 15.1. The Kier molecular flexibility index (Phi) is 7.83. The Balaban J connectivity index is 0.00000242. The normalized spacial score (nSPS) is 18.9. The van der Waals surface area contributed by atoms with Crippen molar-refractivity contribution in [3.05, 3.63) is 16.1 Å². The predicted octanol–water partition coefficient (Wildman–Crippen LogP) is 2.62. The molecule has 0 bridgehead atoms. The first-order valence-corrected chi connectivity index (χ1v) is 7.44. The van der Waals surface area contributed by atoms with Crippen LogP contribution in [0.3, 0.4) is 0 Å². The fourth-order valence-corrected chi connectivity index (χ4v) is 2.66. The molecule has 1 unspecified atom stereocenters. The van der Waals surface area contributed by atoms with E-state index in [9.17, 15) is 13.2 Å². The monoisotopic (exact) mass is 450 g/mol. The van der Waals surface area contributed by atoms with Gasteiger partial charge in [-0.3, -0.25) is 4.99 Å². The number of thiazole rings is 1. The van der Waals surface area contributed by atoms with Gasteiger partial charge < -0.3 is 15.4 Å². The van der Waals surface area contributed by atoms with Gasteiger partial charge in [-0.1, -0.05) is 0 Å². The predicted molar refractivity (Wildman–Crippen MR) is 89.7 cm³/mol. The van der Waals surface area contributed by atoms with Crippen LogP contribution in [0.25, 0.3) is 0 Å². The fraction of sp³-hybridized carbons (Fsp3) is 0.667. The Morgan fingerprint density at radius 2 is 2.27 bits per heavy atom. The highest BCUT2D eigenvalue weighted by atomic mass is 127. The van der Waals surface area contributed by atoms with E-state index in [0.29, 0.717) is 17.5 Å². The Morgan fingerprint density at radius 1 is 1.50 bits per heavy atom. The van der Waals surface area contributed by atoms with Crippen LogP contribution in [0.4, 0.5) is 13.2 Å². The van der Waals surface area contributed by atoms with Crippen LogP contribution in [-0.4, -0.2) is 37.2 Å². The molecule has 126 valence electrons. The summed E-state index contributed by atoms with van der Waals surface area (Å²) in [4.78, 5) is 7.56. The molecule has 10 heteroatoms. The Morgan fingerprint density at radius 3 is 2.82 bits per heavy atom. The number of aliphatic imine (C=N–C) groups is 1. The molecule has 1 atom stereocenters. The number of hydrogen-bond donors (Lipinski definition) is 2. The van der Waals surface area contributed by atoms with Crippen molar-refractivity contribution in [2.75, 3.05) is 20.2 Å². The molecule has 2 heterocycles. The number of hydrogen-bond acceptors (Lipinski definition) is 4. The highest BCUT2D eigenvalue weighted by molar-refractivity contribution is 14.0. The largest absolute Gasteiger partial charge is 0.434 e. The second-order valence-electron chi connectivity index (χ2n) is 4.57. The third kappa shape index (κ3) is 5.88. The summed E-state index contributed by atoms with van der Waals surface area (Å²) in [6.07, 6.45) is -2.17. The van der Waals surface area contributed by atoms with E-state index in [2.05, 4.69) is 20.6 Å². The van der Waals surface area contributed by atoms with Crippen molar-refractivity contribution >= 4 is 41.3 Å². The summed E-state index contributed by atoms with van der Waals surface area (Å²) < 4.78 is 42.8. The van der Waals surface area contributed by atoms with Gasteiger partial charge >= 0.3 is 6.18 Å². The van der Waals surface area contributed by atoms with E-state index in [1.54, 1.807) is 7.05 Å². The average Bonchev–Trinajstić information content (AvgIpc) is 3.09. The lowest BCUT2D eigenvalue weighted by molar-refractivity contribution is -0.140. The van der Waals surface area contributed by atoms with Crippen LogP contribution in [0.1, 0.15) is 23.5 Å². The van der Waals surface area contributed by atoms with E-state index in [4.69, 9.17) is 4.74 Å². The smallest absolute Gasteiger partial charge is 0.376 e. The van der Waals surface area contributed by atoms with Crippen LogP contribution < -0.4 is 10.6 Å².